The smallest absolute Gasteiger partial charge is 0.223 e. The largest absolute Gasteiger partial charge is 0.349 e. The number of fused-ring (bicyclic) bond motifs is 2. The van der Waals surface area contributed by atoms with Crippen LogP contribution in [0.1, 0.15) is 50.6 Å². The van der Waals surface area contributed by atoms with Gasteiger partial charge in [-0.2, -0.15) is 0 Å². The van der Waals surface area contributed by atoms with Crippen LogP contribution in [0.25, 0.3) is 0 Å². The van der Waals surface area contributed by atoms with Crippen molar-refractivity contribution in [3.05, 3.63) is 35.9 Å². The Morgan fingerprint density at radius 3 is 2.38 bits per heavy atom. The Balaban J connectivity index is 1.62. The molecule has 3 heteroatoms. The molecule has 2 fully saturated rings. The second-order valence-corrected chi connectivity index (χ2v) is 6.54. The predicted molar refractivity (Wildman–Crippen MR) is 81.6 cm³/mol. The fourth-order valence-electron chi connectivity index (χ4n) is 3.85. The van der Waals surface area contributed by atoms with Crippen LogP contribution >= 0.6 is 0 Å². The maximum Gasteiger partial charge on any atom is 0.223 e. The maximum atomic E-state index is 12.5. The summed E-state index contributed by atoms with van der Waals surface area (Å²) in [4.78, 5) is 24.6. The number of benzene rings is 1. The van der Waals surface area contributed by atoms with Crippen LogP contribution in [0.4, 0.5) is 0 Å². The summed E-state index contributed by atoms with van der Waals surface area (Å²) in [5.41, 5.74) is 1.12. The molecule has 3 nitrogen and oxygen atoms in total. The highest BCUT2D eigenvalue weighted by Crippen LogP contribution is 2.40. The van der Waals surface area contributed by atoms with Crippen molar-refractivity contribution in [3.63, 3.8) is 0 Å². The van der Waals surface area contributed by atoms with E-state index in [1.54, 1.807) is 0 Å². The van der Waals surface area contributed by atoms with E-state index in [2.05, 4.69) is 5.32 Å². The predicted octanol–water partition coefficient (Wildman–Crippen LogP) is 3.26. The molecule has 1 aromatic rings. The topological polar surface area (TPSA) is 46.2 Å². The number of amides is 1. The molecule has 1 amide bonds. The molecule has 1 aromatic carbocycles. The van der Waals surface area contributed by atoms with Crippen molar-refractivity contribution >= 4 is 11.7 Å². The average Bonchev–Trinajstić information content (AvgIpc) is 2.47. The molecule has 2 aliphatic rings. The van der Waals surface area contributed by atoms with Crippen molar-refractivity contribution in [2.24, 2.45) is 17.8 Å². The lowest BCUT2D eigenvalue weighted by atomic mass is 9.67. The number of carbonyl (C=O) groups is 2. The van der Waals surface area contributed by atoms with Gasteiger partial charge in [0.25, 0.3) is 0 Å². The summed E-state index contributed by atoms with van der Waals surface area (Å²) < 4.78 is 0. The number of nitrogens with one attached hydrogen (secondary N) is 1. The van der Waals surface area contributed by atoms with E-state index in [0.29, 0.717) is 5.78 Å². The lowest BCUT2D eigenvalue weighted by Gasteiger charge is -2.37. The van der Waals surface area contributed by atoms with Gasteiger partial charge in [-0.25, -0.2) is 0 Å². The van der Waals surface area contributed by atoms with E-state index in [0.717, 1.165) is 37.7 Å². The summed E-state index contributed by atoms with van der Waals surface area (Å²) in [6.07, 6.45) is 4.61. The van der Waals surface area contributed by atoms with Gasteiger partial charge in [-0.15, -0.1) is 0 Å². The van der Waals surface area contributed by atoms with Crippen LogP contribution < -0.4 is 5.32 Å². The third kappa shape index (κ3) is 3.02. The highest BCUT2D eigenvalue weighted by molar-refractivity contribution is 5.88. The minimum absolute atomic E-state index is 0.0177. The van der Waals surface area contributed by atoms with E-state index in [4.69, 9.17) is 0 Å². The first kappa shape index (κ1) is 14.3. The normalized spacial score (nSPS) is 29.8. The second-order valence-electron chi connectivity index (χ2n) is 6.54. The SMILES string of the molecule is C[C@@H](NC(=O)C1C[C@H]2CCC[C@@H](C1)C2=O)c1ccccc1. The molecule has 0 radical (unpaired) electrons. The Kier molecular flexibility index (Phi) is 4.09. The molecule has 0 spiro atoms. The van der Waals surface area contributed by atoms with Crippen molar-refractivity contribution in [2.75, 3.05) is 0 Å². The van der Waals surface area contributed by atoms with Crippen molar-refractivity contribution in [2.45, 2.75) is 45.1 Å². The molecule has 0 saturated heterocycles. The van der Waals surface area contributed by atoms with E-state index in [9.17, 15) is 9.59 Å². The van der Waals surface area contributed by atoms with Gasteiger partial charge in [-0.3, -0.25) is 9.59 Å². The fourth-order valence-corrected chi connectivity index (χ4v) is 3.85. The Morgan fingerprint density at radius 1 is 1.14 bits per heavy atom. The van der Waals surface area contributed by atoms with Crippen LogP contribution in [0.5, 0.6) is 0 Å². The minimum Gasteiger partial charge on any atom is -0.349 e. The molecule has 2 bridgehead atoms. The Morgan fingerprint density at radius 2 is 1.76 bits per heavy atom. The van der Waals surface area contributed by atoms with Crippen LogP contribution in [-0.4, -0.2) is 11.7 Å². The van der Waals surface area contributed by atoms with Crippen molar-refractivity contribution in [1.29, 1.82) is 0 Å². The lowest BCUT2D eigenvalue weighted by Crippen LogP contribution is -2.43. The Hall–Kier alpha value is -1.64. The number of carbonyl (C=O) groups excluding carboxylic acids is 2. The highest BCUT2D eigenvalue weighted by atomic mass is 16.2. The second kappa shape index (κ2) is 6.00. The van der Waals surface area contributed by atoms with Gasteiger partial charge < -0.3 is 5.32 Å². The van der Waals surface area contributed by atoms with Crippen LogP contribution in [0.2, 0.25) is 0 Å². The van der Waals surface area contributed by atoms with Crippen LogP contribution in [-0.2, 0) is 9.59 Å². The highest BCUT2D eigenvalue weighted by Gasteiger charge is 2.41. The van der Waals surface area contributed by atoms with E-state index < -0.39 is 0 Å². The molecule has 1 N–H and O–H groups in total. The van der Waals surface area contributed by atoms with Crippen molar-refractivity contribution in [1.82, 2.24) is 5.32 Å². The molecule has 21 heavy (non-hydrogen) atoms. The molecule has 112 valence electrons. The van der Waals surface area contributed by atoms with Crippen LogP contribution in [0.15, 0.2) is 30.3 Å². The first-order valence-corrected chi connectivity index (χ1v) is 8.04. The maximum absolute atomic E-state index is 12.5. The van der Waals surface area contributed by atoms with Crippen molar-refractivity contribution < 1.29 is 9.59 Å². The number of ketones is 1. The van der Waals surface area contributed by atoms with Gasteiger partial charge in [0.05, 0.1) is 6.04 Å². The summed E-state index contributed by atoms with van der Waals surface area (Å²) in [5, 5.41) is 3.12. The lowest BCUT2D eigenvalue weighted by molar-refractivity contribution is -0.137. The van der Waals surface area contributed by atoms with Crippen LogP contribution in [0, 0.1) is 17.8 Å². The monoisotopic (exact) mass is 285 g/mol. The molecule has 0 aliphatic heterocycles. The zero-order valence-electron chi connectivity index (χ0n) is 12.5. The molecule has 2 aliphatic carbocycles. The molecular formula is C18H23NO2. The van der Waals surface area contributed by atoms with E-state index >= 15 is 0 Å². The van der Waals surface area contributed by atoms with E-state index in [1.807, 2.05) is 37.3 Å². The Bertz CT molecular complexity index is 509. The minimum atomic E-state index is 0.0177. The van der Waals surface area contributed by atoms with E-state index in [1.165, 1.54) is 0 Å². The number of Topliss-reactive ketones (excluding diaryl/α,β-unsaturated/α-hetero) is 1. The summed E-state index contributed by atoms with van der Waals surface area (Å²) in [7, 11) is 0. The summed E-state index contributed by atoms with van der Waals surface area (Å²) in [5.74, 6) is 0.835. The van der Waals surface area contributed by atoms with Gasteiger partial charge in [0.15, 0.2) is 0 Å². The standard InChI is InChI=1S/C18H23NO2/c1-12(13-6-3-2-4-7-13)19-18(21)16-10-14-8-5-9-15(11-16)17(14)20/h2-4,6-7,12,14-16H,5,8-11H2,1H3,(H,19,21)/t12-,14-,15+,16?/m1/s1. The molecule has 1 unspecified atom stereocenters. The van der Waals surface area contributed by atoms with Gasteiger partial charge >= 0.3 is 0 Å². The van der Waals surface area contributed by atoms with E-state index in [-0.39, 0.29) is 29.7 Å². The third-order valence-electron chi connectivity index (χ3n) is 5.08. The number of hydrogen-bond donors (Lipinski definition) is 1. The third-order valence-corrected chi connectivity index (χ3v) is 5.08. The summed E-state index contributed by atoms with van der Waals surface area (Å²) in [6.45, 7) is 2.02. The zero-order valence-corrected chi connectivity index (χ0v) is 12.5. The molecule has 0 aromatic heterocycles. The Labute approximate surface area is 126 Å². The first-order valence-electron chi connectivity index (χ1n) is 8.04. The fraction of sp³-hybridized carbons (Fsp3) is 0.556. The van der Waals surface area contributed by atoms with Gasteiger partial charge in [0, 0.05) is 17.8 Å². The molecular weight excluding hydrogens is 262 g/mol. The quantitative estimate of drug-likeness (QED) is 0.926. The zero-order chi connectivity index (χ0) is 14.8. The number of hydrogen-bond acceptors (Lipinski definition) is 2. The van der Waals surface area contributed by atoms with Gasteiger partial charge in [-0.1, -0.05) is 36.8 Å². The molecule has 0 heterocycles. The van der Waals surface area contributed by atoms with Gasteiger partial charge in [-0.05, 0) is 38.2 Å². The summed E-state index contributed by atoms with van der Waals surface area (Å²) >= 11 is 0. The van der Waals surface area contributed by atoms with Crippen LogP contribution in [0.3, 0.4) is 0 Å². The van der Waals surface area contributed by atoms with Crippen molar-refractivity contribution in [3.8, 4) is 0 Å². The van der Waals surface area contributed by atoms with Gasteiger partial charge in [0.1, 0.15) is 5.78 Å². The van der Waals surface area contributed by atoms with Gasteiger partial charge in [0.2, 0.25) is 5.91 Å². The summed E-state index contributed by atoms with van der Waals surface area (Å²) in [6, 6.07) is 10.0. The number of rotatable bonds is 3. The molecule has 2 saturated carbocycles. The molecule has 3 rings (SSSR count). The molecule has 4 atom stereocenters. The first-order chi connectivity index (χ1) is 10.1. The average molecular weight is 285 g/mol.